The van der Waals surface area contributed by atoms with Gasteiger partial charge in [0.05, 0.1) is 10.8 Å². The summed E-state index contributed by atoms with van der Waals surface area (Å²) in [5, 5.41) is 3.52. The van der Waals surface area contributed by atoms with Crippen molar-refractivity contribution in [2.75, 3.05) is 25.4 Å². The molecule has 0 atom stereocenters. The second-order valence-electron chi connectivity index (χ2n) is 6.67. The van der Waals surface area contributed by atoms with Gasteiger partial charge >= 0.3 is 0 Å². The minimum Gasteiger partial charge on any atom is -0.355 e. The van der Waals surface area contributed by atoms with Gasteiger partial charge in [-0.15, -0.1) is 0 Å². The van der Waals surface area contributed by atoms with Crippen molar-refractivity contribution in [2.24, 2.45) is 0 Å². The minimum atomic E-state index is -3.47. The number of amides is 1. The van der Waals surface area contributed by atoms with Crippen LogP contribution >= 0.6 is 11.8 Å². The molecule has 1 N–H and O–H groups in total. The number of hydrogen-bond donors (Lipinski definition) is 1. The van der Waals surface area contributed by atoms with E-state index >= 15 is 0 Å². The molecule has 8 heteroatoms. The van der Waals surface area contributed by atoms with Gasteiger partial charge in [-0.1, -0.05) is 48.5 Å². The largest absolute Gasteiger partial charge is 0.355 e. The van der Waals surface area contributed by atoms with E-state index in [-0.39, 0.29) is 16.6 Å². The van der Waals surface area contributed by atoms with Crippen molar-refractivity contribution >= 4 is 27.7 Å². The molecule has 1 aliphatic heterocycles. The summed E-state index contributed by atoms with van der Waals surface area (Å²) in [6.45, 7) is 1.73. The van der Waals surface area contributed by atoms with Crippen LogP contribution in [0.2, 0.25) is 0 Å². The number of piperidine rings is 1. The fourth-order valence-corrected chi connectivity index (χ4v) is 5.18. The molecular formula is C20H25N3O3S2. The van der Waals surface area contributed by atoms with E-state index < -0.39 is 10.0 Å². The predicted octanol–water partition coefficient (Wildman–Crippen LogP) is 2.71. The summed E-state index contributed by atoms with van der Waals surface area (Å²) in [5.74, 6) is 0.188. The first kappa shape index (κ1) is 20.8. The van der Waals surface area contributed by atoms with Crippen molar-refractivity contribution < 1.29 is 13.2 Å². The van der Waals surface area contributed by atoms with Crippen LogP contribution < -0.4 is 5.32 Å². The van der Waals surface area contributed by atoms with Gasteiger partial charge < -0.3 is 5.32 Å². The number of aromatic nitrogens is 1. The topological polar surface area (TPSA) is 79.4 Å². The number of nitrogens with zero attached hydrogens (tertiary/aromatic N) is 2. The third-order valence-electron chi connectivity index (χ3n) is 4.59. The molecule has 150 valence electrons. The summed E-state index contributed by atoms with van der Waals surface area (Å²) in [7, 11) is -3.47. The Morgan fingerprint density at radius 1 is 1.07 bits per heavy atom. The number of nitrogens with one attached hydrogen (secondary N) is 1. The highest BCUT2D eigenvalue weighted by Crippen LogP contribution is 2.22. The van der Waals surface area contributed by atoms with Crippen LogP contribution in [0.15, 0.2) is 58.6 Å². The molecule has 0 radical (unpaired) electrons. The zero-order valence-electron chi connectivity index (χ0n) is 15.7. The molecular weight excluding hydrogens is 394 g/mol. The van der Waals surface area contributed by atoms with E-state index in [1.165, 1.54) is 27.8 Å². The number of sulfonamides is 1. The number of carbonyl (C=O) groups excluding carboxylic acids is 1. The number of rotatable bonds is 8. The molecule has 6 nitrogen and oxygen atoms in total. The Morgan fingerprint density at radius 3 is 2.50 bits per heavy atom. The van der Waals surface area contributed by atoms with Crippen LogP contribution in [0, 0.1) is 0 Å². The van der Waals surface area contributed by atoms with Crippen LogP contribution in [-0.2, 0) is 21.2 Å². The van der Waals surface area contributed by atoms with Crippen LogP contribution in [0.5, 0.6) is 0 Å². The lowest BCUT2D eigenvalue weighted by Crippen LogP contribution is -2.35. The highest BCUT2D eigenvalue weighted by Gasteiger charge is 2.26. The summed E-state index contributed by atoms with van der Waals surface area (Å²) in [6.07, 6.45) is 5.06. The Hall–Kier alpha value is -1.90. The Bertz CT molecular complexity index is 865. The molecule has 2 aromatic rings. The van der Waals surface area contributed by atoms with E-state index in [0.29, 0.717) is 24.7 Å². The Balaban J connectivity index is 1.45. The van der Waals surface area contributed by atoms with Crippen molar-refractivity contribution in [3.63, 3.8) is 0 Å². The predicted molar refractivity (Wildman–Crippen MR) is 111 cm³/mol. The smallest absolute Gasteiger partial charge is 0.244 e. The zero-order chi connectivity index (χ0) is 19.8. The van der Waals surface area contributed by atoms with Crippen LogP contribution in [0.3, 0.4) is 0 Å². The third-order valence-corrected chi connectivity index (χ3v) is 7.42. The van der Waals surface area contributed by atoms with Crippen molar-refractivity contribution in [1.82, 2.24) is 14.6 Å². The Kier molecular flexibility index (Phi) is 7.47. The molecule has 0 saturated carbocycles. The third kappa shape index (κ3) is 5.80. The van der Waals surface area contributed by atoms with E-state index in [1.54, 1.807) is 12.1 Å². The van der Waals surface area contributed by atoms with Gasteiger partial charge in [-0.3, -0.25) is 4.79 Å². The minimum absolute atomic E-state index is 0.0623. The fraction of sp³-hybridized carbons (Fsp3) is 0.400. The standard InChI is InChI=1S/C20H25N3O3S2/c24-19(21-12-11-17-7-3-1-4-8-17)16-27-20-10-9-18(15-22-20)28(25,26)23-13-5-2-6-14-23/h1,3-4,7-10,15H,2,5-6,11-14,16H2,(H,21,24). The van der Waals surface area contributed by atoms with Crippen molar-refractivity contribution in [3.8, 4) is 0 Å². The fourth-order valence-electron chi connectivity index (χ4n) is 3.04. The van der Waals surface area contributed by atoms with Gasteiger partial charge in [0.15, 0.2) is 0 Å². The van der Waals surface area contributed by atoms with Crippen LogP contribution in [0.1, 0.15) is 24.8 Å². The van der Waals surface area contributed by atoms with Gasteiger partial charge in [0.25, 0.3) is 0 Å². The molecule has 1 saturated heterocycles. The van der Waals surface area contributed by atoms with Crippen LogP contribution in [0.25, 0.3) is 0 Å². The molecule has 28 heavy (non-hydrogen) atoms. The van der Waals surface area contributed by atoms with Crippen LogP contribution in [0.4, 0.5) is 0 Å². The van der Waals surface area contributed by atoms with E-state index in [0.717, 1.165) is 25.7 Å². The van der Waals surface area contributed by atoms with Crippen molar-refractivity contribution in [1.29, 1.82) is 0 Å². The molecule has 0 bridgehead atoms. The second-order valence-corrected chi connectivity index (χ2v) is 9.60. The summed E-state index contributed by atoms with van der Waals surface area (Å²) >= 11 is 1.30. The summed E-state index contributed by atoms with van der Waals surface area (Å²) in [6, 6.07) is 13.2. The lowest BCUT2D eigenvalue weighted by atomic mass is 10.1. The lowest BCUT2D eigenvalue weighted by Gasteiger charge is -2.25. The average molecular weight is 420 g/mol. The number of carbonyl (C=O) groups is 1. The number of pyridine rings is 1. The quantitative estimate of drug-likeness (QED) is 0.666. The van der Waals surface area contributed by atoms with Crippen molar-refractivity contribution in [3.05, 3.63) is 54.2 Å². The molecule has 1 aromatic carbocycles. The number of benzene rings is 1. The first-order chi connectivity index (χ1) is 13.6. The van der Waals surface area contributed by atoms with Gasteiger partial charge in [-0.25, -0.2) is 13.4 Å². The molecule has 1 fully saturated rings. The molecule has 0 aliphatic carbocycles. The molecule has 2 heterocycles. The van der Waals surface area contributed by atoms with E-state index in [2.05, 4.69) is 10.3 Å². The van der Waals surface area contributed by atoms with Crippen molar-refractivity contribution in [2.45, 2.75) is 35.6 Å². The van der Waals surface area contributed by atoms with Gasteiger partial charge in [0.2, 0.25) is 15.9 Å². The van der Waals surface area contributed by atoms with Gasteiger partial charge in [-0.05, 0) is 37.0 Å². The van der Waals surface area contributed by atoms with Crippen LogP contribution in [-0.4, -0.2) is 49.0 Å². The Morgan fingerprint density at radius 2 is 1.82 bits per heavy atom. The zero-order valence-corrected chi connectivity index (χ0v) is 17.3. The molecule has 1 aromatic heterocycles. The summed E-state index contributed by atoms with van der Waals surface area (Å²) < 4.78 is 26.8. The highest BCUT2D eigenvalue weighted by atomic mass is 32.2. The average Bonchev–Trinajstić information content (AvgIpc) is 2.74. The molecule has 0 spiro atoms. The SMILES string of the molecule is O=C(CSc1ccc(S(=O)(=O)N2CCCCC2)cn1)NCCc1ccccc1. The highest BCUT2D eigenvalue weighted by molar-refractivity contribution is 7.99. The van der Waals surface area contributed by atoms with Gasteiger partial charge in [0, 0.05) is 25.8 Å². The summed E-state index contributed by atoms with van der Waals surface area (Å²) in [5.41, 5.74) is 1.18. The second kappa shape index (κ2) is 10.0. The van der Waals surface area contributed by atoms with E-state index in [1.807, 2.05) is 30.3 Å². The lowest BCUT2D eigenvalue weighted by molar-refractivity contribution is -0.118. The van der Waals surface area contributed by atoms with E-state index in [4.69, 9.17) is 0 Å². The Labute approximate surface area is 170 Å². The normalized spacial score (nSPS) is 15.3. The number of hydrogen-bond acceptors (Lipinski definition) is 5. The maximum absolute atomic E-state index is 12.6. The monoisotopic (exact) mass is 419 g/mol. The maximum Gasteiger partial charge on any atom is 0.244 e. The molecule has 3 rings (SSSR count). The number of thioether (sulfide) groups is 1. The first-order valence-electron chi connectivity index (χ1n) is 9.45. The van der Waals surface area contributed by atoms with Gasteiger partial charge in [0.1, 0.15) is 4.90 Å². The maximum atomic E-state index is 12.6. The molecule has 1 amide bonds. The first-order valence-corrected chi connectivity index (χ1v) is 11.9. The summed E-state index contributed by atoms with van der Waals surface area (Å²) in [4.78, 5) is 16.4. The van der Waals surface area contributed by atoms with E-state index in [9.17, 15) is 13.2 Å². The molecule has 1 aliphatic rings. The molecule has 0 unspecified atom stereocenters. The van der Waals surface area contributed by atoms with Gasteiger partial charge in [-0.2, -0.15) is 4.31 Å².